The highest BCUT2D eigenvalue weighted by Crippen LogP contribution is 2.19. The van der Waals surface area contributed by atoms with Gasteiger partial charge in [0, 0.05) is 64.5 Å². The maximum Gasteiger partial charge on any atom is 0.317 e. The molecule has 200 valence electrons. The van der Waals surface area contributed by atoms with E-state index in [1.165, 1.54) is 0 Å². The SMILES string of the molecule is CCCNC(=O)N(CCN1CCOCC1)CC(=O)N1CCCN(c2ccc(-c3ccccc3)nn2)CC1. The van der Waals surface area contributed by atoms with Crippen LogP contribution in [0.1, 0.15) is 19.8 Å². The highest BCUT2D eigenvalue weighted by atomic mass is 16.5. The molecule has 2 fully saturated rings. The molecule has 2 saturated heterocycles. The van der Waals surface area contributed by atoms with E-state index >= 15 is 0 Å². The quantitative estimate of drug-likeness (QED) is 0.552. The number of rotatable bonds is 9. The van der Waals surface area contributed by atoms with Gasteiger partial charge in [-0.15, -0.1) is 10.2 Å². The average molecular weight is 510 g/mol. The third kappa shape index (κ3) is 7.87. The summed E-state index contributed by atoms with van der Waals surface area (Å²) in [5, 5.41) is 11.8. The number of carbonyl (C=O) groups is 2. The lowest BCUT2D eigenvalue weighted by Gasteiger charge is -2.31. The average Bonchev–Trinajstić information content (AvgIpc) is 3.21. The molecular formula is C27H39N7O3. The predicted octanol–water partition coefficient (Wildman–Crippen LogP) is 1.94. The van der Waals surface area contributed by atoms with E-state index in [4.69, 9.17) is 4.74 Å². The van der Waals surface area contributed by atoms with Crippen LogP contribution in [0.15, 0.2) is 42.5 Å². The molecule has 0 radical (unpaired) electrons. The van der Waals surface area contributed by atoms with E-state index in [1.807, 2.05) is 54.3 Å². The summed E-state index contributed by atoms with van der Waals surface area (Å²) in [6.45, 7) is 9.85. The van der Waals surface area contributed by atoms with E-state index in [0.29, 0.717) is 45.9 Å². The van der Waals surface area contributed by atoms with Crippen molar-refractivity contribution in [1.82, 2.24) is 30.2 Å². The molecule has 2 aliphatic rings. The summed E-state index contributed by atoms with van der Waals surface area (Å²) in [4.78, 5) is 34.1. The molecule has 1 aromatic carbocycles. The van der Waals surface area contributed by atoms with Crippen LogP contribution in [0.2, 0.25) is 0 Å². The smallest absolute Gasteiger partial charge is 0.317 e. The van der Waals surface area contributed by atoms with E-state index in [-0.39, 0.29) is 18.5 Å². The van der Waals surface area contributed by atoms with Gasteiger partial charge in [-0.05, 0) is 25.0 Å². The van der Waals surface area contributed by atoms with Crippen molar-refractivity contribution in [2.24, 2.45) is 0 Å². The summed E-state index contributed by atoms with van der Waals surface area (Å²) in [6, 6.07) is 13.8. The largest absolute Gasteiger partial charge is 0.379 e. The third-order valence-electron chi connectivity index (χ3n) is 6.82. The molecule has 0 atom stereocenters. The zero-order chi connectivity index (χ0) is 25.9. The van der Waals surface area contributed by atoms with E-state index in [1.54, 1.807) is 4.90 Å². The van der Waals surface area contributed by atoms with Crippen molar-refractivity contribution < 1.29 is 14.3 Å². The molecule has 4 rings (SSSR count). The van der Waals surface area contributed by atoms with Gasteiger partial charge in [-0.2, -0.15) is 0 Å². The van der Waals surface area contributed by atoms with Gasteiger partial charge in [0.25, 0.3) is 0 Å². The normalized spacial score (nSPS) is 16.8. The van der Waals surface area contributed by atoms with Gasteiger partial charge in [0.2, 0.25) is 5.91 Å². The molecule has 1 aromatic heterocycles. The predicted molar refractivity (Wildman–Crippen MR) is 143 cm³/mol. The lowest BCUT2D eigenvalue weighted by atomic mass is 10.1. The minimum absolute atomic E-state index is 0.0130. The van der Waals surface area contributed by atoms with E-state index in [2.05, 4.69) is 25.3 Å². The van der Waals surface area contributed by atoms with Crippen LogP contribution in [0.25, 0.3) is 11.3 Å². The number of hydrogen-bond donors (Lipinski definition) is 1. The first-order chi connectivity index (χ1) is 18.1. The summed E-state index contributed by atoms with van der Waals surface area (Å²) < 4.78 is 5.42. The standard InChI is InChI=1S/C27H39N7O3/c1-2-11-28-27(36)34(15-14-31-18-20-37-21-19-31)22-26(35)33-13-6-12-32(16-17-33)25-10-9-24(29-30-25)23-7-4-3-5-8-23/h3-5,7-10H,2,6,11-22H2,1H3,(H,28,36). The number of anilines is 1. The van der Waals surface area contributed by atoms with Gasteiger partial charge in [-0.25, -0.2) is 4.79 Å². The number of carbonyl (C=O) groups excluding carboxylic acids is 2. The second-order valence-electron chi connectivity index (χ2n) is 9.47. The summed E-state index contributed by atoms with van der Waals surface area (Å²) >= 11 is 0. The molecule has 3 amide bonds. The number of benzene rings is 1. The Morgan fingerprint density at radius 3 is 2.51 bits per heavy atom. The van der Waals surface area contributed by atoms with Crippen LogP contribution in [0.5, 0.6) is 0 Å². The van der Waals surface area contributed by atoms with Crippen molar-refractivity contribution in [3.63, 3.8) is 0 Å². The van der Waals surface area contributed by atoms with E-state index in [9.17, 15) is 9.59 Å². The molecule has 10 heteroatoms. The van der Waals surface area contributed by atoms with Gasteiger partial charge >= 0.3 is 6.03 Å². The molecule has 2 aromatic rings. The molecule has 0 spiro atoms. The van der Waals surface area contributed by atoms with E-state index in [0.717, 1.165) is 56.1 Å². The number of urea groups is 1. The van der Waals surface area contributed by atoms with Gasteiger partial charge in [0.1, 0.15) is 6.54 Å². The molecule has 2 aliphatic heterocycles. The van der Waals surface area contributed by atoms with Crippen LogP contribution in [-0.4, -0.2) is 115 Å². The van der Waals surface area contributed by atoms with Crippen molar-refractivity contribution in [3.05, 3.63) is 42.5 Å². The number of aromatic nitrogens is 2. The molecule has 3 heterocycles. The molecule has 10 nitrogen and oxygen atoms in total. The first-order valence-corrected chi connectivity index (χ1v) is 13.4. The lowest BCUT2D eigenvalue weighted by Crippen LogP contribution is -2.50. The van der Waals surface area contributed by atoms with Crippen LogP contribution in [0.3, 0.4) is 0 Å². The Labute approximate surface area is 219 Å². The number of hydrogen-bond acceptors (Lipinski definition) is 7. The maximum absolute atomic E-state index is 13.3. The Morgan fingerprint density at radius 2 is 1.78 bits per heavy atom. The molecule has 0 unspecified atom stereocenters. The Hall–Kier alpha value is -3.24. The van der Waals surface area contributed by atoms with Gasteiger partial charge in [0.05, 0.1) is 18.9 Å². The monoisotopic (exact) mass is 509 g/mol. The van der Waals surface area contributed by atoms with Crippen molar-refractivity contribution in [2.75, 3.05) is 83.6 Å². The topological polar surface area (TPSA) is 94.1 Å². The van der Waals surface area contributed by atoms with Crippen LogP contribution in [-0.2, 0) is 9.53 Å². The number of ether oxygens (including phenoxy) is 1. The summed E-state index contributed by atoms with van der Waals surface area (Å²) in [5.41, 5.74) is 1.88. The van der Waals surface area contributed by atoms with Crippen molar-refractivity contribution in [2.45, 2.75) is 19.8 Å². The third-order valence-corrected chi connectivity index (χ3v) is 6.82. The summed E-state index contributed by atoms with van der Waals surface area (Å²) in [7, 11) is 0. The molecular weight excluding hydrogens is 470 g/mol. The van der Waals surface area contributed by atoms with Crippen LogP contribution in [0.4, 0.5) is 10.6 Å². The minimum Gasteiger partial charge on any atom is -0.379 e. The zero-order valence-corrected chi connectivity index (χ0v) is 21.8. The summed E-state index contributed by atoms with van der Waals surface area (Å²) in [6.07, 6.45) is 1.69. The second kappa shape index (κ2) is 13.9. The van der Waals surface area contributed by atoms with Crippen LogP contribution < -0.4 is 10.2 Å². The fourth-order valence-electron chi connectivity index (χ4n) is 4.60. The highest BCUT2D eigenvalue weighted by molar-refractivity contribution is 5.84. The Balaban J connectivity index is 1.32. The molecule has 0 bridgehead atoms. The van der Waals surface area contributed by atoms with Crippen LogP contribution in [0, 0.1) is 0 Å². The maximum atomic E-state index is 13.3. The van der Waals surface area contributed by atoms with Gasteiger partial charge in [-0.3, -0.25) is 9.69 Å². The summed E-state index contributed by atoms with van der Waals surface area (Å²) in [5.74, 6) is 0.807. The number of morpholine rings is 1. The highest BCUT2D eigenvalue weighted by Gasteiger charge is 2.24. The second-order valence-corrected chi connectivity index (χ2v) is 9.47. The molecule has 0 aliphatic carbocycles. The van der Waals surface area contributed by atoms with Gasteiger partial charge in [-0.1, -0.05) is 37.3 Å². The lowest BCUT2D eigenvalue weighted by molar-refractivity contribution is -0.131. The van der Waals surface area contributed by atoms with E-state index < -0.39 is 0 Å². The fourth-order valence-corrected chi connectivity index (χ4v) is 4.60. The Bertz CT molecular complexity index is 983. The first-order valence-electron chi connectivity index (χ1n) is 13.4. The van der Waals surface area contributed by atoms with Gasteiger partial charge in [0.15, 0.2) is 5.82 Å². The molecule has 37 heavy (non-hydrogen) atoms. The van der Waals surface area contributed by atoms with Crippen molar-refractivity contribution in [1.29, 1.82) is 0 Å². The molecule has 0 saturated carbocycles. The fraction of sp³-hybridized carbons (Fsp3) is 0.556. The number of amides is 3. The minimum atomic E-state index is -0.173. The van der Waals surface area contributed by atoms with Crippen molar-refractivity contribution in [3.8, 4) is 11.3 Å². The number of nitrogens with one attached hydrogen (secondary N) is 1. The first kappa shape index (κ1) is 26.8. The van der Waals surface area contributed by atoms with Crippen molar-refractivity contribution >= 4 is 17.8 Å². The molecule has 1 N–H and O–H groups in total. The van der Waals surface area contributed by atoms with Gasteiger partial charge < -0.3 is 24.8 Å². The Morgan fingerprint density at radius 1 is 0.973 bits per heavy atom. The van der Waals surface area contributed by atoms with Crippen LogP contribution >= 0.6 is 0 Å². The Kier molecular flexibility index (Phi) is 10.1. The number of nitrogens with zero attached hydrogens (tertiary/aromatic N) is 6. The zero-order valence-electron chi connectivity index (χ0n) is 21.8.